The molecule has 0 aliphatic heterocycles. The van der Waals surface area contributed by atoms with Crippen LogP contribution in [0.1, 0.15) is 22.3 Å². The van der Waals surface area contributed by atoms with E-state index in [0.717, 1.165) is 55.4 Å². The molecule has 13 rings (SSSR count). The summed E-state index contributed by atoms with van der Waals surface area (Å²) in [5, 5.41) is 7.03. The molecule has 0 aliphatic carbocycles. The predicted molar refractivity (Wildman–Crippen MR) is 274 cm³/mol. The molecule has 0 saturated heterocycles. The molecule has 0 amide bonds. The molecule has 0 unspecified atom stereocenters. The Bertz CT molecular complexity index is 3940. The largest absolute Gasteiger partial charge is 0.309 e. The van der Waals surface area contributed by atoms with Gasteiger partial charge in [0, 0.05) is 44.0 Å². The minimum absolute atomic E-state index is 0.520. The number of nitrogens with zero attached hydrogens (tertiary/aromatic N) is 4. The molecule has 0 spiro atoms. The van der Waals surface area contributed by atoms with Crippen LogP contribution in [-0.4, -0.2) is 13.7 Å². The van der Waals surface area contributed by atoms with E-state index < -0.39 is 5.41 Å². The van der Waals surface area contributed by atoms with Crippen molar-refractivity contribution < 1.29 is 0 Å². The number of para-hydroxylation sites is 3. The fourth-order valence-electron chi connectivity index (χ4n) is 11.0. The number of benzene rings is 10. The summed E-state index contributed by atoms with van der Waals surface area (Å²) in [4.78, 5) is 3.74. The summed E-state index contributed by atoms with van der Waals surface area (Å²) in [7, 11) is 0. The first kappa shape index (κ1) is 37.6. The molecule has 0 atom stereocenters. The zero-order valence-corrected chi connectivity index (χ0v) is 35.9. The normalized spacial score (nSPS) is 11.9. The minimum Gasteiger partial charge on any atom is -0.309 e. The average molecular weight is 841 g/mol. The maximum atomic E-state index is 7.68. The smallest absolute Gasteiger partial charge is 0.188 e. The highest BCUT2D eigenvalue weighted by molar-refractivity contribution is 6.14. The van der Waals surface area contributed by atoms with Crippen LogP contribution in [0.2, 0.25) is 0 Å². The van der Waals surface area contributed by atoms with Gasteiger partial charge in [-0.25, -0.2) is 4.85 Å². The van der Waals surface area contributed by atoms with Crippen molar-refractivity contribution in [2.75, 3.05) is 0 Å². The molecule has 13 aromatic rings. The summed E-state index contributed by atoms with van der Waals surface area (Å²) in [6, 6.07) is 87.8. The summed E-state index contributed by atoms with van der Waals surface area (Å²) in [5.41, 5.74) is 15.2. The van der Waals surface area contributed by atoms with Gasteiger partial charge in [-0.1, -0.05) is 164 Å². The van der Waals surface area contributed by atoms with Gasteiger partial charge >= 0.3 is 0 Å². The lowest BCUT2D eigenvalue weighted by molar-refractivity contribution is 0.745. The lowest BCUT2D eigenvalue weighted by Gasteiger charge is -2.37. The molecule has 308 valence electrons. The van der Waals surface area contributed by atoms with Gasteiger partial charge in [0.15, 0.2) is 5.69 Å². The molecular formula is C62H40N4. The van der Waals surface area contributed by atoms with E-state index in [2.05, 4.69) is 249 Å². The third-order valence-electron chi connectivity index (χ3n) is 13.8. The summed E-state index contributed by atoms with van der Waals surface area (Å²) in [6.07, 6.45) is 0. The van der Waals surface area contributed by atoms with Gasteiger partial charge in [-0.3, -0.25) is 0 Å². The molecule has 0 bridgehead atoms. The van der Waals surface area contributed by atoms with Gasteiger partial charge in [-0.15, -0.1) is 0 Å². The van der Waals surface area contributed by atoms with Crippen molar-refractivity contribution in [2.24, 2.45) is 0 Å². The van der Waals surface area contributed by atoms with Crippen molar-refractivity contribution in [3.05, 3.63) is 276 Å². The molecule has 0 saturated carbocycles. The quantitative estimate of drug-likeness (QED) is 0.112. The molecule has 4 heteroatoms. The Morgan fingerprint density at radius 2 is 0.591 bits per heavy atom. The van der Waals surface area contributed by atoms with Crippen molar-refractivity contribution >= 4 is 71.1 Å². The molecule has 0 aliphatic rings. The second-order valence-corrected chi connectivity index (χ2v) is 17.2. The predicted octanol–water partition coefficient (Wildman–Crippen LogP) is 15.9. The van der Waals surface area contributed by atoms with E-state index in [4.69, 9.17) is 6.57 Å². The van der Waals surface area contributed by atoms with Gasteiger partial charge < -0.3 is 13.7 Å². The van der Waals surface area contributed by atoms with Crippen molar-refractivity contribution in [3.63, 3.8) is 0 Å². The second-order valence-electron chi connectivity index (χ2n) is 17.2. The van der Waals surface area contributed by atoms with E-state index >= 15 is 0 Å². The summed E-state index contributed by atoms with van der Waals surface area (Å²) in [6.45, 7) is 7.68. The zero-order chi connectivity index (χ0) is 43.8. The lowest BCUT2D eigenvalue weighted by Crippen LogP contribution is -2.30. The Morgan fingerprint density at radius 3 is 1.02 bits per heavy atom. The molecule has 10 aromatic carbocycles. The molecule has 4 nitrogen and oxygen atoms in total. The van der Waals surface area contributed by atoms with Gasteiger partial charge in [0.05, 0.1) is 45.1 Å². The first-order chi connectivity index (χ1) is 32.7. The maximum Gasteiger partial charge on any atom is 0.188 e. The fourth-order valence-corrected chi connectivity index (χ4v) is 11.0. The van der Waals surface area contributed by atoms with E-state index in [1.54, 1.807) is 0 Å². The van der Waals surface area contributed by atoms with Crippen LogP contribution >= 0.6 is 0 Å². The molecule has 3 heterocycles. The Hall–Kier alpha value is -8.91. The molecular weight excluding hydrogens is 801 g/mol. The van der Waals surface area contributed by atoms with E-state index in [9.17, 15) is 0 Å². The molecule has 0 fully saturated rings. The Kier molecular flexibility index (Phi) is 8.46. The number of aromatic nitrogens is 3. The average Bonchev–Trinajstić information content (AvgIpc) is 4.03. The third-order valence-corrected chi connectivity index (χ3v) is 13.8. The lowest BCUT2D eigenvalue weighted by atomic mass is 9.65. The van der Waals surface area contributed by atoms with Gasteiger partial charge in [-0.05, 0) is 107 Å². The maximum absolute atomic E-state index is 7.68. The van der Waals surface area contributed by atoms with Gasteiger partial charge in [-0.2, -0.15) is 0 Å². The van der Waals surface area contributed by atoms with Crippen LogP contribution < -0.4 is 0 Å². The Balaban J connectivity index is 0.970. The Labute approximate surface area is 381 Å². The number of fused-ring (bicyclic) bond motifs is 9. The van der Waals surface area contributed by atoms with Gasteiger partial charge in [0.25, 0.3) is 0 Å². The summed E-state index contributed by atoms with van der Waals surface area (Å²) < 4.78 is 7.17. The van der Waals surface area contributed by atoms with Crippen LogP contribution in [0.15, 0.2) is 243 Å². The van der Waals surface area contributed by atoms with Crippen LogP contribution in [0.25, 0.3) is 87.3 Å². The molecule has 0 N–H and O–H groups in total. The molecule has 0 radical (unpaired) electrons. The van der Waals surface area contributed by atoms with Crippen LogP contribution in [0.5, 0.6) is 0 Å². The number of hydrogen-bond acceptors (Lipinski definition) is 0. The molecule has 66 heavy (non-hydrogen) atoms. The summed E-state index contributed by atoms with van der Waals surface area (Å²) >= 11 is 0. The van der Waals surface area contributed by atoms with Gasteiger partial charge in [0.2, 0.25) is 0 Å². The third kappa shape index (κ3) is 5.51. The first-order valence-electron chi connectivity index (χ1n) is 22.5. The van der Waals surface area contributed by atoms with Crippen LogP contribution in [0, 0.1) is 6.57 Å². The second kappa shape index (κ2) is 14.8. The van der Waals surface area contributed by atoms with E-state index in [0.29, 0.717) is 5.69 Å². The summed E-state index contributed by atoms with van der Waals surface area (Å²) in [5.74, 6) is 0. The minimum atomic E-state index is -0.520. The van der Waals surface area contributed by atoms with E-state index in [1.807, 2.05) is 12.1 Å². The van der Waals surface area contributed by atoms with Gasteiger partial charge in [0.1, 0.15) is 0 Å². The zero-order valence-electron chi connectivity index (χ0n) is 35.9. The van der Waals surface area contributed by atoms with Crippen molar-refractivity contribution in [3.8, 4) is 17.1 Å². The topological polar surface area (TPSA) is 19.1 Å². The SMILES string of the molecule is [C-]#[N+]c1ccc2c(c1)c1ccccc1n2-c1ccc2c(c1)c1ccccc1n2-c1ccc2c(c1)c1ccccc1n2-c1ccc(C(c2ccccc2)(c2ccccc2)c2ccccc2)cc1. The first-order valence-corrected chi connectivity index (χ1v) is 22.5. The monoisotopic (exact) mass is 840 g/mol. The highest BCUT2D eigenvalue weighted by atomic mass is 15.0. The molecule has 3 aromatic heterocycles. The van der Waals surface area contributed by atoms with E-state index in [1.165, 1.54) is 49.3 Å². The van der Waals surface area contributed by atoms with Crippen LogP contribution in [-0.2, 0) is 5.41 Å². The fraction of sp³-hybridized carbons (Fsp3) is 0.0161. The highest BCUT2D eigenvalue weighted by Crippen LogP contribution is 2.46. The standard InChI is InChI=1S/C62H40N4/c1-63-46-31-36-59-53(39-46)50-23-11-15-27-57(50)65(59)48-35-38-61-55(41-48)52-25-13-16-28-58(52)66(61)49-34-37-60-54(40-49)51-24-12-14-26-56(51)64(60)47-32-29-45(30-33-47)62(42-17-5-2-6-18-42,43-19-7-3-8-20-43)44-21-9-4-10-22-44/h2-41H. The van der Waals surface area contributed by atoms with Crippen molar-refractivity contribution in [2.45, 2.75) is 5.41 Å². The number of rotatable bonds is 7. The van der Waals surface area contributed by atoms with Crippen molar-refractivity contribution in [1.29, 1.82) is 0 Å². The Morgan fingerprint density at radius 1 is 0.273 bits per heavy atom. The van der Waals surface area contributed by atoms with Crippen LogP contribution in [0.4, 0.5) is 5.69 Å². The highest BCUT2D eigenvalue weighted by Gasteiger charge is 2.38. The number of hydrogen-bond donors (Lipinski definition) is 0. The van der Waals surface area contributed by atoms with E-state index in [-0.39, 0.29) is 0 Å². The van der Waals surface area contributed by atoms with Crippen molar-refractivity contribution in [1.82, 2.24) is 13.7 Å². The van der Waals surface area contributed by atoms with Crippen LogP contribution in [0.3, 0.4) is 0 Å².